The largest absolute Gasteiger partial charge is 0.480 e. The van der Waals surface area contributed by atoms with Crippen LogP contribution in [0, 0.1) is 0 Å². The van der Waals surface area contributed by atoms with Crippen molar-refractivity contribution in [2.75, 3.05) is 26.8 Å². The summed E-state index contributed by atoms with van der Waals surface area (Å²) >= 11 is 0. The highest BCUT2D eigenvalue weighted by Crippen LogP contribution is 2.29. The zero-order valence-corrected chi connectivity index (χ0v) is 13.4. The molecule has 0 aliphatic heterocycles. The molecule has 0 heterocycles. The molecule has 6 nitrogen and oxygen atoms in total. The minimum Gasteiger partial charge on any atom is -0.480 e. The maximum atomic E-state index is 12.9. The maximum absolute atomic E-state index is 12.9. The summed E-state index contributed by atoms with van der Waals surface area (Å²) in [5.41, 5.74) is 1.89. The second-order valence-electron chi connectivity index (χ2n) is 5.33. The van der Waals surface area contributed by atoms with Crippen LogP contribution in [0.4, 0.5) is 0 Å². The summed E-state index contributed by atoms with van der Waals surface area (Å²) in [5, 5.41) is 8.98. The molecule has 1 aliphatic carbocycles. The van der Waals surface area contributed by atoms with Gasteiger partial charge in [0.1, 0.15) is 6.54 Å². The van der Waals surface area contributed by atoms with Crippen LogP contribution < -0.4 is 0 Å². The Hall–Kier alpha value is -1.44. The third-order valence-corrected chi connectivity index (χ3v) is 5.76. The van der Waals surface area contributed by atoms with Crippen LogP contribution in [0.2, 0.25) is 0 Å². The van der Waals surface area contributed by atoms with Crippen LogP contribution in [0.15, 0.2) is 23.1 Å². The summed E-state index contributed by atoms with van der Waals surface area (Å²) in [6.45, 7) is -0.383. The van der Waals surface area contributed by atoms with E-state index in [4.69, 9.17) is 9.84 Å². The predicted molar refractivity (Wildman–Crippen MR) is 81.4 cm³/mol. The zero-order valence-electron chi connectivity index (χ0n) is 12.6. The van der Waals surface area contributed by atoms with Crippen molar-refractivity contribution in [2.45, 2.75) is 30.6 Å². The van der Waals surface area contributed by atoms with E-state index in [0.717, 1.165) is 41.1 Å². The van der Waals surface area contributed by atoms with Crippen molar-refractivity contribution in [3.05, 3.63) is 29.3 Å². The number of rotatable bonds is 7. The van der Waals surface area contributed by atoms with Crippen LogP contribution in [0.25, 0.3) is 0 Å². The molecule has 22 heavy (non-hydrogen) atoms. The van der Waals surface area contributed by atoms with Crippen molar-refractivity contribution in [2.24, 2.45) is 0 Å². The Morgan fingerprint density at radius 2 is 2.05 bits per heavy atom. The highest BCUT2D eigenvalue weighted by molar-refractivity contribution is 7.89. The number of hydrogen-bond donors (Lipinski definition) is 1. The Bertz CT molecular complexity index is 641. The molecule has 1 aromatic carbocycles. The van der Waals surface area contributed by atoms with E-state index in [1.807, 2.05) is 6.07 Å². The first-order valence-corrected chi connectivity index (χ1v) is 8.72. The lowest BCUT2D eigenvalue weighted by Crippen LogP contribution is -2.38. The molecule has 0 atom stereocenters. The number of methoxy groups -OCH3 is 1. The number of aryl methyl sites for hydroxylation is 1. The Balaban J connectivity index is 2.40. The van der Waals surface area contributed by atoms with Gasteiger partial charge in [-0.3, -0.25) is 4.79 Å². The predicted octanol–water partition coefficient (Wildman–Crippen LogP) is 1.29. The molecule has 0 aromatic heterocycles. The first kappa shape index (κ1) is 16.9. The molecule has 0 saturated carbocycles. The van der Waals surface area contributed by atoms with E-state index in [2.05, 4.69) is 0 Å². The maximum Gasteiger partial charge on any atom is 0.318 e. The van der Waals surface area contributed by atoms with E-state index in [-0.39, 0.29) is 18.0 Å². The fourth-order valence-corrected chi connectivity index (χ4v) is 4.42. The van der Waals surface area contributed by atoms with Gasteiger partial charge in [0.05, 0.1) is 11.5 Å². The van der Waals surface area contributed by atoms with Gasteiger partial charge < -0.3 is 9.84 Å². The van der Waals surface area contributed by atoms with Crippen molar-refractivity contribution < 1.29 is 23.1 Å². The van der Waals surface area contributed by atoms with Gasteiger partial charge >= 0.3 is 5.97 Å². The molecule has 0 fully saturated rings. The molecule has 1 aromatic rings. The third kappa shape index (κ3) is 3.66. The number of benzene rings is 1. The fraction of sp³-hybridized carbons (Fsp3) is 0.533. The number of carbonyl (C=O) groups is 1. The quantitative estimate of drug-likeness (QED) is 0.816. The van der Waals surface area contributed by atoms with Gasteiger partial charge in [0, 0.05) is 13.7 Å². The molecule has 1 N–H and O–H groups in total. The van der Waals surface area contributed by atoms with Crippen LogP contribution >= 0.6 is 0 Å². The molecule has 0 saturated heterocycles. The number of carboxylic acid groups (broad SMARTS) is 1. The van der Waals surface area contributed by atoms with Gasteiger partial charge in [-0.1, -0.05) is 12.1 Å². The first-order valence-electron chi connectivity index (χ1n) is 7.28. The standard InChI is InChI=1S/C15H21NO5S/c1-21-10-9-16(11-15(17)18)22(19,20)14-8-4-6-12-5-2-3-7-13(12)14/h4,6,8H,2-3,5,7,9-11H2,1H3,(H,17,18). The second kappa shape index (κ2) is 7.21. The van der Waals surface area contributed by atoms with E-state index in [9.17, 15) is 13.2 Å². The van der Waals surface area contributed by atoms with Gasteiger partial charge in [-0.05, 0) is 42.9 Å². The lowest BCUT2D eigenvalue weighted by molar-refractivity contribution is -0.137. The number of hydrogen-bond acceptors (Lipinski definition) is 4. The minimum absolute atomic E-state index is 0.0226. The van der Waals surface area contributed by atoms with Crippen molar-refractivity contribution >= 4 is 16.0 Å². The third-order valence-electron chi connectivity index (χ3n) is 3.83. The number of fused-ring (bicyclic) bond motifs is 1. The van der Waals surface area contributed by atoms with Crippen LogP contribution in [0.1, 0.15) is 24.0 Å². The van der Waals surface area contributed by atoms with Gasteiger partial charge in [-0.15, -0.1) is 0 Å². The summed E-state index contributed by atoms with van der Waals surface area (Å²) in [6, 6.07) is 5.25. The molecular weight excluding hydrogens is 306 g/mol. The summed E-state index contributed by atoms with van der Waals surface area (Å²) in [6.07, 6.45) is 3.60. The summed E-state index contributed by atoms with van der Waals surface area (Å²) in [5.74, 6) is -1.18. The van der Waals surface area contributed by atoms with Crippen LogP contribution in [0.3, 0.4) is 0 Å². The highest BCUT2D eigenvalue weighted by atomic mass is 32.2. The lowest BCUT2D eigenvalue weighted by atomic mass is 9.92. The van der Waals surface area contributed by atoms with E-state index in [0.29, 0.717) is 0 Å². The van der Waals surface area contributed by atoms with E-state index in [1.165, 1.54) is 7.11 Å². The summed E-state index contributed by atoms with van der Waals surface area (Å²) < 4.78 is 31.6. The monoisotopic (exact) mass is 327 g/mol. The van der Waals surface area contributed by atoms with Crippen molar-refractivity contribution in [1.82, 2.24) is 4.31 Å². The Kier molecular flexibility index (Phi) is 5.55. The SMILES string of the molecule is COCCN(CC(=O)O)S(=O)(=O)c1cccc2c1CCCC2. The summed E-state index contributed by atoms with van der Waals surface area (Å²) in [7, 11) is -2.38. The molecule has 0 radical (unpaired) electrons. The van der Waals surface area contributed by atoms with Crippen molar-refractivity contribution in [3.63, 3.8) is 0 Å². The first-order chi connectivity index (χ1) is 10.5. The number of aliphatic carboxylic acids is 1. The Morgan fingerprint density at radius 1 is 1.32 bits per heavy atom. The topological polar surface area (TPSA) is 83.9 Å². The average molecular weight is 327 g/mol. The average Bonchev–Trinajstić information content (AvgIpc) is 2.50. The highest BCUT2D eigenvalue weighted by Gasteiger charge is 2.29. The molecule has 0 bridgehead atoms. The molecule has 0 amide bonds. The van der Waals surface area contributed by atoms with Crippen LogP contribution in [-0.4, -0.2) is 50.6 Å². The second-order valence-corrected chi connectivity index (χ2v) is 7.23. The molecule has 122 valence electrons. The van der Waals surface area contributed by atoms with Gasteiger partial charge in [0.15, 0.2) is 0 Å². The fourth-order valence-electron chi connectivity index (χ4n) is 2.76. The van der Waals surface area contributed by atoms with Crippen LogP contribution in [-0.2, 0) is 32.4 Å². The molecule has 7 heteroatoms. The zero-order chi connectivity index (χ0) is 16.2. The molecule has 0 spiro atoms. The van der Waals surface area contributed by atoms with Crippen LogP contribution in [0.5, 0.6) is 0 Å². The number of sulfonamides is 1. The smallest absolute Gasteiger partial charge is 0.318 e. The molecule has 2 rings (SSSR count). The summed E-state index contributed by atoms with van der Waals surface area (Å²) in [4.78, 5) is 11.2. The van der Waals surface area contributed by atoms with Crippen molar-refractivity contribution in [3.8, 4) is 0 Å². The minimum atomic E-state index is -3.84. The molecule has 0 unspecified atom stereocenters. The number of carboxylic acids is 1. The van der Waals surface area contributed by atoms with Crippen molar-refractivity contribution in [1.29, 1.82) is 0 Å². The molecule has 1 aliphatic rings. The number of ether oxygens (including phenoxy) is 1. The van der Waals surface area contributed by atoms with Gasteiger partial charge in [0.2, 0.25) is 10.0 Å². The Morgan fingerprint density at radius 3 is 2.73 bits per heavy atom. The van der Waals surface area contributed by atoms with Gasteiger partial charge in [0.25, 0.3) is 0 Å². The van der Waals surface area contributed by atoms with Gasteiger partial charge in [-0.25, -0.2) is 8.42 Å². The van der Waals surface area contributed by atoms with E-state index < -0.39 is 22.5 Å². The van der Waals surface area contributed by atoms with E-state index in [1.54, 1.807) is 12.1 Å². The molecular formula is C15H21NO5S. The lowest BCUT2D eigenvalue weighted by Gasteiger charge is -2.24. The normalized spacial score (nSPS) is 14.8. The van der Waals surface area contributed by atoms with Gasteiger partial charge in [-0.2, -0.15) is 4.31 Å². The van der Waals surface area contributed by atoms with E-state index >= 15 is 0 Å². The number of nitrogens with zero attached hydrogens (tertiary/aromatic N) is 1. The Labute approximate surface area is 130 Å².